The Morgan fingerprint density at radius 2 is 2.00 bits per heavy atom. The first-order chi connectivity index (χ1) is 5.43. The maximum atomic E-state index is 8.46. The second-order valence-corrected chi connectivity index (χ2v) is 3.41. The smallest absolute Gasteiger partial charge is 0.0555 e. The summed E-state index contributed by atoms with van der Waals surface area (Å²) in [5, 5.41) is 11.6. The van der Waals surface area contributed by atoms with Gasteiger partial charge in [-0.1, -0.05) is 25.7 Å². The van der Waals surface area contributed by atoms with E-state index in [4.69, 9.17) is 5.11 Å². The quantitative estimate of drug-likeness (QED) is 0.543. The van der Waals surface area contributed by atoms with E-state index in [2.05, 4.69) is 5.32 Å². The number of aliphatic hydroxyl groups is 1. The molecule has 1 rings (SSSR count). The summed E-state index contributed by atoms with van der Waals surface area (Å²) in [5.74, 6) is 1.08. The Labute approximate surface area is 69.0 Å². The van der Waals surface area contributed by atoms with Crippen LogP contribution in [0.3, 0.4) is 0 Å². The van der Waals surface area contributed by atoms with Gasteiger partial charge in [-0.2, -0.15) is 0 Å². The van der Waals surface area contributed by atoms with Crippen LogP contribution >= 0.6 is 0 Å². The lowest BCUT2D eigenvalue weighted by molar-refractivity contribution is 0.292. The number of aliphatic hydroxyl groups excluding tert-OH is 1. The van der Waals surface area contributed by atoms with Gasteiger partial charge in [-0.3, -0.25) is 0 Å². The molecule has 0 radical (unpaired) electrons. The summed E-state index contributed by atoms with van der Waals surface area (Å²) in [5.41, 5.74) is 0. The lowest BCUT2D eigenvalue weighted by Gasteiger charge is -2.01. The van der Waals surface area contributed by atoms with Gasteiger partial charge in [0.05, 0.1) is 6.61 Å². The van der Waals surface area contributed by atoms with E-state index in [1.54, 1.807) is 0 Å². The molecule has 0 atom stereocenters. The Kier molecular flexibility index (Phi) is 4.55. The van der Waals surface area contributed by atoms with Crippen LogP contribution in [0.25, 0.3) is 0 Å². The van der Waals surface area contributed by atoms with Crippen molar-refractivity contribution in [2.24, 2.45) is 5.92 Å². The van der Waals surface area contributed by atoms with Crippen molar-refractivity contribution in [2.75, 3.05) is 19.7 Å². The van der Waals surface area contributed by atoms with Crippen molar-refractivity contribution in [2.45, 2.75) is 32.1 Å². The Morgan fingerprint density at radius 3 is 2.64 bits per heavy atom. The van der Waals surface area contributed by atoms with E-state index < -0.39 is 0 Å². The van der Waals surface area contributed by atoms with Gasteiger partial charge >= 0.3 is 0 Å². The Balaban J connectivity index is 1.66. The SMILES string of the molecule is OCCNCCCCC1CC1. The third-order valence-electron chi connectivity index (χ3n) is 2.20. The summed E-state index contributed by atoms with van der Waals surface area (Å²) in [7, 11) is 0. The van der Waals surface area contributed by atoms with Gasteiger partial charge in [-0.25, -0.2) is 0 Å². The molecule has 0 spiro atoms. The van der Waals surface area contributed by atoms with Crippen LogP contribution in [-0.4, -0.2) is 24.8 Å². The summed E-state index contributed by atoms with van der Waals surface area (Å²) in [4.78, 5) is 0. The Morgan fingerprint density at radius 1 is 1.18 bits per heavy atom. The monoisotopic (exact) mass is 157 g/mol. The molecule has 0 heterocycles. The molecule has 11 heavy (non-hydrogen) atoms. The van der Waals surface area contributed by atoms with Crippen molar-refractivity contribution in [3.63, 3.8) is 0 Å². The highest BCUT2D eigenvalue weighted by Gasteiger charge is 2.19. The Hall–Kier alpha value is -0.0800. The molecule has 0 aromatic carbocycles. The maximum Gasteiger partial charge on any atom is 0.0555 e. The number of nitrogens with one attached hydrogen (secondary N) is 1. The predicted octanol–water partition coefficient (Wildman–Crippen LogP) is 1.15. The van der Waals surface area contributed by atoms with E-state index in [0.29, 0.717) is 0 Å². The number of rotatable bonds is 7. The van der Waals surface area contributed by atoms with Gasteiger partial charge in [-0.15, -0.1) is 0 Å². The summed E-state index contributed by atoms with van der Waals surface area (Å²) in [6.07, 6.45) is 7.02. The summed E-state index contributed by atoms with van der Waals surface area (Å²) < 4.78 is 0. The molecule has 66 valence electrons. The summed E-state index contributed by atoms with van der Waals surface area (Å²) in [6.45, 7) is 2.10. The fraction of sp³-hybridized carbons (Fsp3) is 1.00. The Bertz CT molecular complexity index is 91.6. The molecule has 2 heteroatoms. The number of hydrogen-bond acceptors (Lipinski definition) is 2. The van der Waals surface area contributed by atoms with Crippen LogP contribution in [-0.2, 0) is 0 Å². The van der Waals surface area contributed by atoms with Gasteiger partial charge in [0.25, 0.3) is 0 Å². The van der Waals surface area contributed by atoms with Crippen molar-refractivity contribution in [3.05, 3.63) is 0 Å². The number of hydrogen-bond donors (Lipinski definition) is 2. The first-order valence-electron chi connectivity index (χ1n) is 4.75. The zero-order valence-corrected chi connectivity index (χ0v) is 7.18. The van der Waals surface area contributed by atoms with Crippen molar-refractivity contribution in [1.29, 1.82) is 0 Å². The molecule has 0 amide bonds. The average molecular weight is 157 g/mol. The van der Waals surface area contributed by atoms with Crippen LogP contribution < -0.4 is 5.32 Å². The third kappa shape index (κ3) is 5.22. The van der Waals surface area contributed by atoms with Gasteiger partial charge < -0.3 is 10.4 Å². The van der Waals surface area contributed by atoms with Crippen LogP contribution in [0, 0.1) is 5.92 Å². The number of unbranched alkanes of at least 4 members (excludes halogenated alkanes) is 1. The van der Waals surface area contributed by atoms with Crippen molar-refractivity contribution >= 4 is 0 Å². The fourth-order valence-electron chi connectivity index (χ4n) is 1.29. The molecule has 0 aliphatic heterocycles. The van der Waals surface area contributed by atoms with E-state index in [1.807, 2.05) is 0 Å². The highest BCUT2D eigenvalue weighted by molar-refractivity contribution is 4.72. The molecular formula is C9H19NO. The molecule has 0 saturated heterocycles. The molecule has 1 aliphatic rings. The van der Waals surface area contributed by atoms with Crippen LogP contribution in [0.4, 0.5) is 0 Å². The molecule has 0 unspecified atom stereocenters. The third-order valence-corrected chi connectivity index (χ3v) is 2.20. The van der Waals surface area contributed by atoms with Crippen molar-refractivity contribution < 1.29 is 5.11 Å². The maximum absolute atomic E-state index is 8.46. The highest BCUT2D eigenvalue weighted by atomic mass is 16.3. The molecule has 0 bridgehead atoms. The first kappa shape index (κ1) is 9.01. The van der Waals surface area contributed by atoms with Crippen LogP contribution in [0.1, 0.15) is 32.1 Å². The van der Waals surface area contributed by atoms with E-state index in [0.717, 1.165) is 19.0 Å². The molecule has 2 nitrogen and oxygen atoms in total. The van der Waals surface area contributed by atoms with Gasteiger partial charge in [0.1, 0.15) is 0 Å². The minimum Gasteiger partial charge on any atom is -0.395 e. The normalized spacial score (nSPS) is 17.2. The molecule has 2 N–H and O–H groups in total. The summed E-state index contributed by atoms with van der Waals surface area (Å²) >= 11 is 0. The van der Waals surface area contributed by atoms with Gasteiger partial charge in [0, 0.05) is 6.54 Å². The molecule has 1 saturated carbocycles. The van der Waals surface area contributed by atoms with Crippen molar-refractivity contribution in [1.82, 2.24) is 5.32 Å². The van der Waals surface area contributed by atoms with Crippen LogP contribution in [0.15, 0.2) is 0 Å². The topological polar surface area (TPSA) is 32.3 Å². The van der Waals surface area contributed by atoms with Crippen LogP contribution in [0.2, 0.25) is 0 Å². The van der Waals surface area contributed by atoms with Crippen molar-refractivity contribution in [3.8, 4) is 0 Å². The van der Waals surface area contributed by atoms with Gasteiger partial charge in [0.2, 0.25) is 0 Å². The largest absolute Gasteiger partial charge is 0.395 e. The fourth-order valence-corrected chi connectivity index (χ4v) is 1.29. The van der Waals surface area contributed by atoms with Gasteiger partial charge in [0.15, 0.2) is 0 Å². The van der Waals surface area contributed by atoms with E-state index >= 15 is 0 Å². The predicted molar refractivity (Wildman–Crippen MR) is 46.5 cm³/mol. The molecule has 1 aliphatic carbocycles. The highest BCUT2D eigenvalue weighted by Crippen LogP contribution is 2.33. The van der Waals surface area contributed by atoms with Crippen LogP contribution in [0.5, 0.6) is 0 Å². The minimum absolute atomic E-state index is 0.266. The zero-order valence-electron chi connectivity index (χ0n) is 7.18. The zero-order chi connectivity index (χ0) is 7.94. The minimum atomic E-state index is 0.266. The molecule has 1 fully saturated rings. The second kappa shape index (κ2) is 5.56. The first-order valence-corrected chi connectivity index (χ1v) is 4.75. The lowest BCUT2D eigenvalue weighted by atomic mass is 10.2. The molecule has 0 aromatic rings. The standard InChI is InChI=1S/C9H19NO/c11-8-7-10-6-2-1-3-9-4-5-9/h9-11H,1-8H2. The summed E-state index contributed by atoms with van der Waals surface area (Å²) in [6, 6.07) is 0. The molecule has 0 aromatic heterocycles. The van der Waals surface area contributed by atoms with E-state index in [1.165, 1.54) is 32.1 Å². The lowest BCUT2D eigenvalue weighted by Crippen LogP contribution is -2.19. The van der Waals surface area contributed by atoms with E-state index in [-0.39, 0.29) is 6.61 Å². The average Bonchev–Trinajstić information content (AvgIpc) is 2.80. The second-order valence-electron chi connectivity index (χ2n) is 3.41. The van der Waals surface area contributed by atoms with E-state index in [9.17, 15) is 0 Å². The molecular weight excluding hydrogens is 138 g/mol. The van der Waals surface area contributed by atoms with Gasteiger partial charge in [-0.05, 0) is 18.9 Å².